The van der Waals surface area contributed by atoms with Gasteiger partial charge in [-0.25, -0.2) is 0 Å². The first-order valence-corrected chi connectivity index (χ1v) is 10.9. The molecule has 31 heavy (non-hydrogen) atoms. The lowest BCUT2D eigenvalue weighted by Crippen LogP contribution is -2.53. The van der Waals surface area contributed by atoms with Crippen LogP contribution in [0.4, 0.5) is 0 Å². The lowest BCUT2D eigenvalue weighted by Gasteiger charge is -2.31. The molecule has 0 aromatic carbocycles. The molecule has 168 valence electrons. The number of carbonyl (C=O) groups excluding carboxylic acids is 4. The van der Waals surface area contributed by atoms with E-state index in [1.54, 1.807) is 39.7 Å². The van der Waals surface area contributed by atoms with E-state index in [0.29, 0.717) is 31.5 Å². The van der Waals surface area contributed by atoms with Crippen molar-refractivity contribution in [2.24, 2.45) is 12.5 Å². The van der Waals surface area contributed by atoms with Gasteiger partial charge < -0.3 is 25.0 Å². The average molecular weight is 430 g/mol. The van der Waals surface area contributed by atoms with E-state index in [0.717, 1.165) is 0 Å². The number of aromatic nitrogens is 1. The van der Waals surface area contributed by atoms with Gasteiger partial charge in [0, 0.05) is 38.8 Å². The van der Waals surface area contributed by atoms with Crippen molar-refractivity contribution in [3.63, 3.8) is 0 Å². The number of rotatable bonds is 3. The van der Waals surface area contributed by atoms with E-state index in [1.807, 2.05) is 20.8 Å². The fourth-order valence-electron chi connectivity index (χ4n) is 4.92. The number of hydrogen-bond acceptors (Lipinski definition) is 4. The third-order valence-corrected chi connectivity index (χ3v) is 6.38. The fraction of sp³-hybridized carbons (Fsp3) is 0.636. The first-order chi connectivity index (χ1) is 14.5. The van der Waals surface area contributed by atoms with Crippen LogP contribution in [0, 0.1) is 5.41 Å². The first-order valence-electron chi connectivity index (χ1n) is 10.9. The van der Waals surface area contributed by atoms with Crippen molar-refractivity contribution in [1.29, 1.82) is 0 Å². The van der Waals surface area contributed by atoms with Gasteiger partial charge in [0.1, 0.15) is 17.8 Å². The van der Waals surface area contributed by atoms with Crippen molar-refractivity contribution in [3.05, 3.63) is 24.0 Å². The summed E-state index contributed by atoms with van der Waals surface area (Å²) in [6.07, 6.45) is 3.07. The van der Waals surface area contributed by atoms with E-state index < -0.39 is 12.1 Å². The first kappa shape index (κ1) is 21.4. The molecule has 4 atom stereocenters. The van der Waals surface area contributed by atoms with E-state index >= 15 is 0 Å². The number of nitrogens with one attached hydrogen (secondary N) is 2. The molecule has 3 aliphatic rings. The van der Waals surface area contributed by atoms with Crippen LogP contribution in [0.1, 0.15) is 50.5 Å². The van der Waals surface area contributed by atoms with Gasteiger partial charge in [-0.2, -0.15) is 0 Å². The summed E-state index contributed by atoms with van der Waals surface area (Å²) in [4.78, 5) is 55.0. The number of nitrogens with zero attached hydrogens (tertiary/aromatic N) is 3. The third kappa shape index (κ3) is 4.05. The van der Waals surface area contributed by atoms with Gasteiger partial charge >= 0.3 is 0 Å². The number of aryl methyl sites for hydroxylation is 1. The van der Waals surface area contributed by atoms with Crippen molar-refractivity contribution in [2.75, 3.05) is 13.1 Å². The van der Waals surface area contributed by atoms with Crippen LogP contribution in [0.5, 0.6) is 0 Å². The van der Waals surface area contributed by atoms with Crippen LogP contribution in [-0.2, 0) is 21.4 Å². The van der Waals surface area contributed by atoms with Crippen LogP contribution in [0.25, 0.3) is 0 Å². The second-order valence-electron chi connectivity index (χ2n) is 10.1. The van der Waals surface area contributed by atoms with Gasteiger partial charge in [-0.1, -0.05) is 20.8 Å². The molecule has 0 radical (unpaired) electrons. The number of likely N-dealkylation sites (tertiary alicyclic amines) is 1. The number of amides is 4. The number of hydrogen-bond donors (Lipinski definition) is 2. The van der Waals surface area contributed by atoms with E-state index in [9.17, 15) is 19.2 Å². The van der Waals surface area contributed by atoms with Crippen LogP contribution in [-0.4, -0.2) is 75.3 Å². The second kappa shape index (κ2) is 7.69. The molecule has 2 N–H and O–H groups in total. The Kier molecular flexibility index (Phi) is 5.31. The Balaban J connectivity index is 1.50. The molecule has 4 amide bonds. The minimum atomic E-state index is -0.675. The largest absolute Gasteiger partial charge is 0.349 e. The number of fused-ring (bicyclic) bond motifs is 2. The molecule has 9 heteroatoms. The van der Waals surface area contributed by atoms with E-state index in [-0.39, 0.29) is 47.7 Å². The average Bonchev–Trinajstić information content (AvgIpc) is 3.36. The normalized spacial score (nSPS) is 28.1. The van der Waals surface area contributed by atoms with E-state index in [1.165, 1.54) is 0 Å². The maximum absolute atomic E-state index is 13.5. The van der Waals surface area contributed by atoms with Crippen LogP contribution in [0.3, 0.4) is 0 Å². The van der Waals surface area contributed by atoms with E-state index in [4.69, 9.17) is 0 Å². The van der Waals surface area contributed by atoms with Crippen LogP contribution in [0.2, 0.25) is 0 Å². The summed E-state index contributed by atoms with van der Waals surface area (Å²) in [7, 11) is 1.79. The van der Waals surface area contributed by atoms with Gasteiger partial charge in [0.25, 0.3) is 5.91 Å². The maximum atomic E-state index is 13.5. The molecule has 0 spiro atoms. The van der Waals surface area contributed by atoms with Gasteiger partial charge in [0.15, 0.2) is 0 Å². The Morgan fingerprint density at radius 2 is 2.00 bits per heavy atom. The molecule has 0 saturated carbocycles. The van der Waals surface area contributed by atoms with Gasteiger partial charge in [0.05, 0.1) is 6.04 Å². The van der Waals surface area contributed by atoms with Crippen LogP contribution in [0.15, 0.2) is 18.3 Å². The molecule has 3 saturated heterocycles. The second-order valence-corrected chi connectivity index (χ2v) is 10.1. The quantitative estimate of drug-likeness (QED) is 0.719. The summed E-state index contributed by atoms with van der Waals surface area (Å²) < 4.78 is 1.72. The summed E-state index contributed by atoms with van der Waals surface area (Å²) >= 11 is 0. The molecule has 0 aliphatic carbocycles. The molecular formula is C22H31N5O4. The molecule has 3 aliphatic heterocycles. The number of carbonyl (C=O) groups is 4. The van der Waals surface area contributed by atoms with Crippen molar-refractivity contribution in [1.82, 2.24) is 25.0 Å². The third-order valence-electron chi connectivity index (χ3n) is 6.38. The molecule has 4 heterocycles. The zero-order valence-electron chi connectivity index (χ0n) is 18.6. The van der Waals surface area contributed by atoms with Crippen molar-refractivity contribution < 1.29 is 19.2 Å². The minimum absolute atomic E-state index is 0.0613. The smallest absolute Gasteiger partial charge is 0.268 e. The maximum Gasteiger partial charge on any atom is 0.268 e. The van der Waals surface area contributed by atoms with Gasteiger partial charge in [-0.05, 0) is 30.4 Å². The summed E-state index contributed by atoms with van der Waals surface area (Å²) in [5.41, 5.74) is 0.335. The Morgan fingerprint density at radius 1 is 1.26 bits per heavy atom. The molecular weight excluding hydrogens is 398 g/mol. The molecule has 3 fully saturated rings. The van der Waals surface area contributed by atoms with Crippen molar-refractivity contribution in [2.45, 2.75) is 64.2 Å². The summed E-state index contributed by atoms with van der Waals surface area (Å²) in [6, 6.07) is 1.53. The predicted molar refractivity (Wildman–Crippen MR) is 113 cm³/mol. The Labute approximate surface area is 182 Å². The highest BCUT2D eigenvalue weighted by molar-refractivity contribution is 5.97. The minimum Gasteiger partial charge on any atom is -0.349 e. The summed E-state index contributed by atoms with van der Waals surface area (Å²) in [5, 5.41) is 5.94. The topological polar surface area (TPSA) is 104 Å². The highest BCUT2D eigenvalue weighted by Crippen LogP contribution is 2.31. The van der Waals surface area contributed by atoms with Crippen LogP contribution >= 0.6 is 0 Å². The highest BCUT2D eigenvalue weighted by atomic mass is 16.2. The highest BCUT2D eigenvalue weighted by Gasteiger charge is 2.52. The predicted octanol–water partition coefficient (Wildman–Crippen LogP) is 0.260. The van der Waals surface area contributed by atoms with Gasteiger partial charge in [0.2, 0.25) is 17.7 Å². The molecule has 0 bridgehead atoms. The van der Waals surface area contributed by atoms with Gasteiger partial charge in [-0.3, -0.25) is 19.2 Å². The molecule has 1 aromatic rings. The zero-order chi connectivity index (χ0) is 22.5. The lowest BCUT2D eigenvalue weighted by molar-refractivity contribution is -0.145. The molecule has 4 rings (SSSR count). The fourth-order valence-corrected chi connectivity index (χ4v) is 4.92. The summed E-state index contributed by atoms with van der Waals surface area (Å²) in [6.45, 7) is 6.70. The Morgan fingerprint density at radius 3 is 2.65 bits per heavy atom. The lowest BCUT2D eigenvalue weighted by atomic mass is 9.91. The molecule has 1 aromatic heterocycles. The molecule has 0 unspecified atom stereocenters. The van der Waals surface area contributed by atoms with Crippen LogP contribution < -0.4 is 10.6 Å². The monoisotopic (exact) mass is 429 g/mol. The zero-order valence-corrected chi connectivity index (χ0v) is 18.6. The van der Waals surface area contributed by atoms with Crippen molar-refractivity contribution in [3.8, 4) is 0 Å². The molecule has 9 nitrogen and oxygen atoms in total. The summed E-state index contributed by atoms with van der Waals surface area (Å²) in [5.74, 6) is -0.706. The van der Waals surface area contributed by atoms with E-state index in [2.05, 4.69) is 10.6 Å². The Hall–Kier alpha value is -2.84. The Bertz CT molecular complexity index is 917. The van der Waals surface area contributed by atoms with Crippen molar-refractivity contribution >= 4 is 23.6 Å². The van der Waals surface area contributed by atoms with Gasteiger partial charge in [-0.15, -0.1) is 0 Å². The standard InChI is InChI=1S/C22H31N5O4/c1-22(2,3)11-17(28)26-9-7-14-18(26)21(31)27-12-13(10-16(27)20(30)24-14)23-19(29)15-6-5-8-25(15)4/h5-6,8,13-14,16,18H,7,9-12H2,1-4H3,(H,23,29)(H,24,30)/t13-,14-,16+,18-/m0/s1. The SMILES string of the molecule is Cn1cccc1C(=O)N[C@H]1C[C@@H]2C(=O)N[C@H]3CCN(C(=O)CC(C)(C)C)[C@@H]3C(=O)N2C1.